The maximum absolute atomic E-state index is 6.14. The van der Waals surface area contributed by atoms with Crippen LogP contribution in [0.2, 0.25) is 10.0 Å². The van der Waals surface area contributed by atoms with Crippen molar-refractivity contribution in [3.8, 4) is 5.75 Å². The first kappa shape index (κ1) is 13.0. The Balaban J connectivity index is 2.35. The summed E-state index contributed by atoms with van der Waals surface area (Å²) in [6, 6.07) is 3.83. The largest absolute Gasteiger partial charge is 0.495 e. The van der Waals surface area contributed by atoms with Crippen molar-refractivity contribution in [2.24, 2.45) is 0 Å². The summed E-state index contributed by atoms with van der Waals surface area (Å²) < 4.78 is 5.37. The van der Waals surface area contributed by atoms with Crippen LogP contribution >= 0.6 is 23.2 Å². The highest BCUT2D eigenvalue weighted by Gasteiger charge is 2.23. The normalized spacial score (nSPS) is 21.5. The van der Waals surface area contributed by atoms with Crippen molar-refractivity contribution in [2.45, 2.75) is 6.04 Å². The minimum absolute atomic E-state index is 0.208. The molecule has 17 heavy (non-hydrogen) atoms. The molecule has 1 unspecified atom stereocenters. The number of halogens is 2. The van der Waals surface area contributed by atoms with Crippen LogP contribution in [0.3, 0.4) is 0 Å². The van der Waals surface area contributed by atoms with E-state index in [0.717, 1.165) is 25.2 Å². The third kappa shape index (κ3) is 2.86. The van der Waals surface area contributed by atoms with Gasteiger partial charge in [-0.05, 0) is 19.2 Å². The zero-order valence-corrected chi connectivity index (χ0v) is 11.5. The summed E-state index contributed by atoms with van der Waals surface area (Å²) in [6.07, 6.45) is 0. The van der Waals surface area contributed by atoms with E-state index in [-0.39, 0.29) is 6.04 Å². The van der Waals surface area contributed by atoms with Crippen LogP contribution in [0.5, 0.6) is 5.75 Å². The fraction of sp³-hybridized carbons (Fsp3) is 0.500. The Morgan fingerprint density at radius 3 is 2.82 bits per heavy atom. The number of hydrogen-bond donors (Lipinski definition) is 1. The predicted octanol–water partition coefficient (Wildman–Crippen LogP) is 2.58. The summed E-state index contributed by atoms with van der Waals surface area (Å²) in [6.45, 7) is 2.93. The van der Waals surface area contributed by atoms with Gasteiger partial charge in [-0.15, -0.1) is 0 Å². The van der Waals surface area contributed by atoms with Crippen LogP contribution in [-0.4, -0.2) is 38.7 Å². The van der Waals surface area contributed by atoms with Gasteiger partial charge in [0, 0.05) is 36.3 Å². The van der Waals surface area contributed by atoms with Gasteiger partial charge in [0.05, 0.1) is 12.1 Å². The highest BCUT2D eigenvalue weighted by Crippen LogP contribution is 2.36. The average Bonchev–Trinajstić information content (AvgIpc) is 2.28. The Labute approximate surface area is 112 Å². The molecule has 3 nitrogen and oxygen atoms in total. The highest BCUT2D eigenvalue weighted by molar-refractivity contribution is 6.35. The molecule has 0 bridgehead atoms. The number of nitrogens with zero attached hydrogens (tertiary/aromatic N) is 1. The van der Waals surface area contributed by atoms with Gasteiger partial charge in [-0.2, -0.15) is 0 Å². The third-order valence-electron chi connectivity index (χ3n) is 3.00. The first-order valence-corrected chi connectivity index (χ1v) is 6.32. The number of hydrogen-bond acceptors (Lipinski definition) is 3. The van der Waals surface area contributed by atoms with Crippen molar-refractivity contribution in [2.75, 3.05) is 33.8 Å². The summed E-state index contributed by atoms with van der Waals surface area (Å²) >= 11 is 12.2. The number of methoxy groups -OCH3 is 1. The van der Waals surface area contributed by atoms with E-state index < -0.39 is 0 Å². The lowest BCUT2D eigenvalue weighted by Crippen LogP contribution is -2.43. The van der Waals surface area contributed by atoms with E-state index in [9.17, 15) is 0 Å². The summed E-state index contributed by atoms with van der Waals surface area (Å²) in [4.78, 5) is 2.27. The first-order valence-electron chi connectivity index (χ1n) is 5.56. The summed E-state index contributed by atoms with van der Waals surface area (Å²) in [5.41, 5.74) is 1.02. The Morgan fingerprint density at radius 1 is 1.41 bits per heavy atom. The van der Waals surface area contributed by atoms with Crippen molar-refractivity contribution in [1.29, 1.82) is 0 Å². The van der Waals surface area contributed by atoms with E-state index >= 15 is 0 Å². The van der Waals surface area contributed by atoms with Crippen LogP contribution < -0.4 is 10.1 Å². The molecule has 0 aromatic heterocycles. The third-order valence-corrected chi connectivity index (χ3v) is 3.49. The molecule has 1 aliphatic heterocycles. The molecule has 2 rings (SSSR count). The van der Waals surface area contributed by atoms with E-state index in [1.165, 1.54) is 0 Å². The smallest absolute Gasteiger partial charge is 0.142 e. The Morgan fingerprint density at radius 2 is 2.18 bits per heavy atom. The van der Waals surface area contributed by atoms with E-state index in [2.05, 4.69) is 17.3 Å². The molecule has 0 spiro atoms. The van der Waals surface area contributed by atoms with Gasteiger partial charge in [-0.25, -0.2) is 0 Å². The average molecular weight is 275 g/mol. The fourth-order valence-electron chi connectivity index (χ4n) is 2.16. The first-order chi connectivity index (χ1) is 8.11. The molecular weight excluding hydrogens is 259 g/mol. The Bertz CT molecular complexity index is 412. The van der Waals surface area contributed by atoms with Gasteiger partial charge in [0.25, 0.3) is 0 Å². The van der Waals surface area contributed by atoms with E-state index in [1.54, 1.807) is 13.2 Å². The van der Waals surface area contributed by atoms with Crippen LogP contribution in [0.15, 0.2) is 12.1 Å². The second-order valence-corrected chi connectivity index (χ2v) is 5.12. The van der Waals surface area contributed by atoms with Crippen molar-refractivity contribution in [3.05, 3.63) is 27.7 Å². The molecule has 1 atom stereocenters. The SMILES string of the molecule is COc1c(Cl)cc(Cl)cc1C1CN(C)CCN1. The molecule has 5 heteroatoms. The van der Waals surface area contributed by atoms with Crippen LogP contribution in [0.1, 0.15) is 11.6 Å². The van der Waals surface area contributed by atoms with Crippen molar-refractivity contribution in [1.82, 2.24) is 10.2 Å². The zero-order chi connectivity index (χ0) is 12.4. The van der Waals surface area contributed by atoms with Gasteiger partial charge in [0.15, 0.2) is 0 Å². The van der Waals surface area contributed by atoms with E-state index in [0.29, 0.717) is 15.8 Å². The number of rotatable bonds is 2. The number of nitrogens with one attached hydrogen (secondary N) is 1. The lowest BCUT2D eigenvalue weighted by atomic mass is 10.0. The molecule has 1 aromatic carbocycles. The van der Waals surface area contributed by atoms with E-state index in [4.69, 9.17) is 27.9 Å². The Kier molecular flexibility index (Phi) is 4.15. The van der Waals surface area contributed by atoms with Crippen molar-refractivity contribution >= 4 is 23.2 Å². The summed E-state index contributed by atoms with van der Waals surface area (Å²) in [5.74, 6) is 0.712. The number of likely N-dealkylation sites (N-methyl/N-ethyl adjacent to an activating group) is 1. The highest BCUT2D eigenvalue weighted by atomic mass is 35.5. The molecule has 1 aliphatic rings. The van der Waals surface area contributed by atoms with E-state index in [1.807, 2.05) is 6.07 Å². The summed E-state index contributed by atoms with van der Waals surface area (Å²) in [7, 11) is 3.73. The minimum Gasteiger partial charge on any atom is -0.495 e. The van der Waals surface area contributed by atoms with Gasteiger partial charge in [0.2, 0.25) is 0 Å². The zero-order valence-electron chi connectivity index (χ0n) is 9.96. The van der Waals surface area contributed by atoms with Crippen molar-refractivity contribution < 1.29 is 4.74 Å². The van der Waals surface area contributed by atoms with Gasteiger partial charge in [-0.3, -0.25) is 0 Å². The van der Waals surface area contributed by atoms with Crippen LogP contribution in [0.4, 0.5) is 0 Å². The molecule has 1 fully saturated rings. The van der Waals surface area contributed by atoms with Crippen LogP contribution in [0, 0.1) is 0 Å². The molecule has 0 radical (unpaired) electrons. The number of ether oxygens (including phenoxy) is 1. The maximum Gasteiger partial charge on any atom is 0.142 e. The number of piperazine rings is 1. The predicted molar refractivity (Wildman–Crippen MR) is 71.3 cm³/mol. The maximum atomic E-state index is 6.14. The lowest BCUT2D eigenvalue weighted by molar-refractivity contribution is 0.237. The minimum atomic E-state index is 0.208. The van der Waals surface area contributed by atoms with Gasteiger partial charge in [-0.1, -0.05) is 23.2 Å². The Hall–Kier alpha value is -0.480. The standard InChI is InChI=1S/C12H16Cl2N2O/c1-16-4-3-15-11(7-16)9-5-8(13)6-10(14)12(9)17-2/h5-6,11,15H,3-4,7H2,1-2H3. The molecular formula is C12H16Cl2N2O. The quantitative estimate of drug-likeness (QED) is 0.897. The topological polar surface area (TPSA) is 24.5 Å². The van der Waals surface area contributed by atoms with Gasteiger partial charge >= 0.3 is 0 Å². The second-order valence-electron chi connectivity index (χ2n) is 4.28. The van der Waals surface area contributed by atoms with Gasteiger partial charge in [0.1, 0.15) is 5.75 Å². The molecule has 1 heterocycles. The lowest BCUT2D eigenvalue weighted by Gasteiger charge is -2.32. The van der Waals surface area contributed by atoms with Gasteiger partial charge < -0.3 is 15.0 Å². The van der Waals surface area contributed by atoms with Crippen molar-refractivity contribution in [3.63, 3.8) is 0 Å². The second kappa shape index (κ2) is 5.44. The molecule has 1 saturated heterocycles. The molecule has 0 saturated carbocycles. The number of benzene rings is 1. The molecule has 94 valence electrons. The molecule has 1 N–H and O–H groups in total. The van der Waals surface area contributed by atoms with Crippen LogP contribution in [-0.2, 0) is 0 Å². The van der Waals surface area contributed by atoms with Crippen LogP contribution in [0.25, 0.3) is 0 Å². The molecule has 0 aliphatic carbocycles. The fourth-order valence-corrected chi connectivity index (χ4v) is 2.75. The monoisotopic (exact) mass is 274 g/mol. The molecule has 1 aromatic rings. The summed E-state index contributed by atoms with van der Waals surface area (Å²) in [5, 5.41) is 4.66. The molecule has 0 amide bonds.